The maximum Gasteiger partial charge on any atom is 0.413 e. The Morgan fingerprint density at radius 1 is 1.09 bits per heavy atom. The Labute approximate surface area is 184 Å². The third kappa shape index (κ3) is 5.91. The van der Waals surface area contributed by atoms with E-state index >= 15 is 0 Å². The number of hydrogen-bond donors (Lipinski definition) is 2. The number of Topliss-reactive ketones (excluding diaryl/α,β-unsaturated/α-hetero) is 1. The number of nitrogens with two attached hydrogens (primary N) is 1. The van der Waals surface area contributed by atoms with Crippen LogP contribution in [0.1, 0.15) is 29.8 Å². The average Bonchev–Trinajstić information content (AvgIpc) is 2.75. The van der Waals surface area contributed by atoms with Crippen molar-refractivity contribution in [1.82, 2.24) is 19.4 Å². The average molecular weight is 445 g/mol. The molecule has 0 aliphatic heterocycles. The van der Waals surface area contributed by atoms with Gasteiger partial charge in [0.25, 0.3) is 5.56 Å². The summed E-state index contributed by atoms with van der Waals surface area (Å²) in [5, 5.41) is 2.05. The van der Waals surface area contributed by atoms with E-state index in [1.165, 1.54) is 11.9 Å². The molecule has 0 spiro atoms. The molecule has 11 heteroatoms. The van der Waals surface area contributed by atoms with E-state index < -0.39 is 29.0 Å². The standard InChI is InChI=1S/C21H27N5O6/c1-4-25(13-16(28)23-20(30)32-5-2)12-15(27)17-18(22)26(21(31)24(3)19(17)29)11-14-9-7-6-8-10-14/h6-10H,4-5,11-13,22H2,1-3H3,(H,23,28,30). The van der Waals surface area contributed by atoms with Crippen LogP contribution in [0, 0.1) is 0 Å². The zero-order valence-electron chi connectivity index (χ0n) is 18.3. The van der Waals surface area contributed by atoms with Gasteiger partial charge in [0.05, 0.1) is 26.2 Å². The Morgan fingerprint density at radius 3 is 2.34 bits per heavy atom. The number of carbonyl (C=O) groups excluding carboxylic acids is 3. The number of amides is 2. The first-order valence-corrected chi connectivity index (χ1v) is 10.0. The van der Waals surface area contributed by atoms with E-state index in [9.17, 15) is 24.0 Å². The van der Waals surface area contributed by atoms with Gasteiger partial charge in [-0.2, -0.15) is 0 Å². The lowest BCUT2D eigenvalue weighted by molar-refractivity contribution is -0.121. The van der Waals surface area contributed by atoms with Gasteiger partial charge in [-0.05, 0) is 19.0 Å². The Hall–Kier alpha value is -3.73. The van der Waals surface area contributed by atoms with Crippen molar-refractivity contribution in [1.29, 1.82) is 0 Å². The van der Waals surface area contributed by atoms with Gasteiger partial charge in [0.2, 0.25) is 5.91 Å². The number of likely N-dealkylation sites (N-methyl/N-ethyl adjacent to an activating group) is 1. The van der Waals surface area contributed by atoms with Crippen molar-refractivity contribution in [2.75, 3.05) is 32.0 Å². The predicted octanol–water partition coefficient (Wildman–Crippen LogP) is -0.0452. The Bertz CT molecular complexity index is 1110. The summed E-state index contributed by atoms with van der Waals surface area (Å²) in [7, 11) is 1.27. The van der Waals surface area contributed by atoms with Gasteiger partial charge < -0.3 is 10.5 Å². The smallest absolute Gasteiger partial charge is 0.413 e. The molecule has 172 valence electrons. The number of ether oxygens (including phenoxy) is 1. The number of hydrogen-bond acceptors (Lipinski definition) is 8. The van der Waals surface area contributed by atoms with E-state index in [0.717, 1.165) is 14.7 Å². The molecule has 0 radical (unpaired) electrons. The van der Waals surface area contributed by atoms with Gasteiger partial charge in [-0.1, -0.05) is 37.3 Å². The number of nitrogen functional groups attached to an aromatic ring is 1. The number of anilines is 1. The van der Waals surface area contributed by atoms with Gasteiger partial charge in [-0.15, -0.1) is 0 Å². The van der Waals surface area contributed by atoms with Gasteiger partial charge in [-0.3, -0.25) is 33.7 Å². The number of alkyl carbamates (subject to hydrolysis) is 1. The fourth-order valence-corrected chi connectivity index (χ4v) is 3.05. The zero-order valence-corrected chi connectivity index (χ0v) is 18.3. The summed E-state index contributed by atoms with van der Waals surface area (Å²) in [6.45, 7) is 3.20. The first-order chi connectivity index (χ1) is 15.2. The molecule has 0 unspecified atom stereocenters. The van der Waals surface area contributed by atoms with Crippen LogP contribution in [0.5, 0.6) is 0 Å². The number of ketones is 1. The number of nitrogens with one attached hydrogen (secondary N) is 1. The van der Waals surface area contributed by atoms with Crippen LogP contribution in [-0.2, 0) is 23.1 Å². The first kappa shape index (κ1) is 24.5. The summed E-state index contributed by atoms with van der Waals surface area (Å²) < 4.78 is 6.64. The molecule has 0 bridgehead atoms. The second-order valence-electron chi connectivity index (χ2n) is 6.97. The molecule has 2 amide bonds. The minimum Gasteiger partial charge on any atom is -0.450 e. The second-order valence-corrected chi connectivity index (χ2v) is 6.97. The van der Waals surface area contributed by atoms with Crippen LogP contribution in [0.3, 0.4) is 0 Å². The summed E-state index contributed by atoms with van der Waals surface area (Å²) in [6.07, 6.45) is -0.883. The van der Waals surface area contributed by atoms with Crippen LogP contribution in [0.4, 0.5) is 10.6 Å². The van der Waals surface area contributed by atoms with Gasteiger partial charge in [0, 0.05) is 7.05 Å². The number of carbonyl (C=O) groups is 3. The predicted molar refractivity (Wildman–Crippen MR) is 118 cm³/mol. The maximum atomic E-state index is 13.0. The Morgan fingerprint density at radius 2 is 1.75 bits per heavy atom. The van der Waals surface area contributed by atoms with Crippen molar-refractivity contribution in [3.05, 3.63) is 62.3 Å². The minimum atomic E-state index is -0.883. The van der Waals surface area contributed by atoms with E-state index in [1.54, 1.807) is 38.1 Å². The van der Waals surface area contributed by atoms with Crippen LogP contribution in [0.25, 0.3) is 0 Å². The topological polar surface area (TPSA) is 146 Å². The maximum absolute atomic E-state index is 13.0. The highest BCUT2D eigenvalue weighted by atomic mass is 16.5. The van der Waals surface area contributed by atoms with Gasteiger partial charge >= 0.3 is 11.8 Å². The highest BCUT2D eigenvalue weighted by Gasteiger charge is 2.24. The van der Waals surface area contributed by atoms with E-state index in [0.29, 0.717) is 0 Å². The molecule has 1 heterocycles. The van der Waals surface area contributed by atoms with Crippen molar-refractivity contribution in [2.24, 2.45) is 7.05 Å². The highest BCUT2D eigenvalue weighted by Crippen LogP contribution is 2.10. The molecule has 0 saturated carbocycles. The third-order valence-electron chi connectivity index (χ3n) is 4.74. The lowest BCUT2D eigenvalue weighted by Crippen LogP contribution is -2.45. The normalized spacial score (nSPS) is 10.8. The number of imide groups is 1. The Kier molecular flexibility index (Phi) is 8.47. The molecule has 2 rings (SSSR count). The molecule has 0 aliphatic rings. The van der Waals surface area contributed by atoms with Crippen molar-refractivity contribution in [3.8, 4) is 0 Å². The second kappa shape index (κ2) is 11.0. The molecule has 1 aromatic carbocycles. The zero-order chi connectivity index (χ0) is 23.8. The summed E-state index contributed by atoms with van der Waals surface area (Å²) in [4.78, 5) is 63.0. The van der Waals surface area contributed by atoms with Crippen LogP contribution in [0.2, 0.25) is 0 Å². The molecule has 32 heavy (non-hydrogen) atoms. The Balaban J connectivity index is 2.28. The first-order valence-electron chi connectivity index (χ1n) is 10.0. The van der Waals surface area contributed by atoms with Crippen molar-refractivity contribution >= 4 is 23.6 Å². The molecule has 0 saturated heterocycles. The number of nitrogens with zero attached hydrogens (tertiary/aromatic N) is 3. The largest absolute Gasteiger partial charge is 0.450 e. The quantitative estimate of drug-likeness (QED) is 0.511. The summed E-state index contributed by atoms with van der Waals surface area (Å²) in [5.74, 6) is -1.54. The van der Waals surface area contributed by atoms with E-state index in [2.05, 4.69) is 4.74 Å². The van der Waals surface area contributed by atoms with E-state index in [-0.39, 0.29) is 44.2 Å². The van der Waals surface area contributed by atoms with Crippen LogP contribution < -0.4 is 22.3 Å². The van der Waals surface area contributed by atoms with Gasteiger partial charge in [-0.25, -0.2) is 9.59 Å². The molecule has 0 aliphatic carbocycles. The fourth-order valence-electron chi connectivity index (χ4n) is 3.05. The van der Waals surface area contributed by atoms with Crippen molar-refractivity contribution in [2.45, 2.75) is 20.4 Å². The lowest BCUT2D eigenvalue weighted by Gasteiger charge is -2.20. The van der Waals surface area contributed by atoms with Gasteiger partial charge in [0.15, 0.2) is 5.78 Å². The molecule has 1 aromatic heterocycles. The highest BCUT2D eigenvalue weighted by molar-refractivity contribution is 6.01. The van der Waals surface area contributed by atoms with Crippen LogP contribution in [0.15, 0.2) is 39.9 Å². The minimum absolute atomic E-state index is 0.0827. The number of rotatable bonds is 9. The molecular formula is C21H27N5O6. The third-order valence-corrected chi connectivity index (χ3v) is 4.74. The van der Waals surface area contributed by atoms with E-state index in [4.69, 9.17) is 5.73 Å². The van der Waals surface area contributed by atoms with E-state index in [1.807, 2.05) is 11.4 Å². The molecule has 0 atom stereocenters. The van der Waals surface area contributed by atoms with Crippen LogP contribution >= 0.6 is 0 Å². The van der Waals surface area contributed by atoms with Crippen molar-refractivity contribution < 1.29 is 19.1 Å². The summed E-state index contributed by atoms with van der Waals surface area (Å²) in [6, 6.07) is 9.00. The molecular weight excluding hydrogens is 418 g/mol. The molecule has 2 aromatic rings. The monoisotopic (exact) mass is 445 g/mol. The molecule has 0 fully saturated rings. The number of benzene rings is 1. The molecule has 3 N–H and O–H groups in total. The SMILES string of the molecule is CCOC(=O)NC(=O)CN(CC)CC(=O)c1c(N)n(Cc2ccccc2)c(=O)n(C)c1=O. The number of aromatic nitrogens is 2. The van der Waals surface area contributed by atoms with Gasteiger partial charge in [0.1, 0.15) is 11.4 Å². The van der Waals surface area contributed by atoms with Crippen molar-refractivity contribution in [3.63, 3.8) is 0 Å². The summed E-state index contributed by atoms with van der Waals surface area (Å²) >= 11 is 0. The summed E-state index contributed by atoms with van der Waals surface area (Å²) in [5.41, 5.74) is 5.08. The van der Waals surface area contributed by atoms with Crippen LogP contribution in [-0.4, -0.2) is 58.1 Å². The fraction of sp³-hybridized carbons (Fsp3) is 0.381. The lowest BCUT2D eigenvalue weighted by atomic mass is 10.1. The molecule has 11 nitrogen and oxygen atoms in total.